The monoisotopic (exact) mass is 309 g/mol. The summed E-state index contributed by atoms with van der Waals surface area (Å²) in [5.74, 6) is -0.344. The molecule has 0 saturated carbocycles. The van der Waals surface area contributed by atoms with Gasteiger partial charge in [-0.15, -0.1) is 0 Å². The van der Waals surface area contributed by atoms with Crippen molar-refractivity contribution in [2.24, 2.45) is 0 Å². The van der Waals surface area contributed by atoms with Gasteiger partial charge in [-0.3, -0.25) is 0 Å². The van der Waals surface area contributed by atoms with E-state index in [1.807, 2.05) is 18.2 Å². The quantitative estimate of drug-likeness (QED) is 0.598. The normalized spacial score (nSPS) is 9.83. The van der Waals surface area contributed by atoms with Crippen LogP contribution in [0.25, 0.3) is 0 Å². The predicted octanol–water partition coefficient (Wildman–Crippen LogP) is 3.26. The van der Waals surface area contributed by atoms with E-state index in [-0.39, 0.29) is 12.4 Å². The Morgan fingerprint density at radius 1 is 1.50 bits per heavy atom. The molecule has 0 aromatic heterocycles. The number of ether oxygens (including phenoxy) is 1. The summed E-state index contributed by atoms with van der Waals surface area (Å²) in [6.07, 6.45) is 2.15. The molecule has 0 bridgehead atoms. The highest BCUT2D eigenvalue weighted by Crippen LogP contribution is 2.16. The molecule has 1 aromatic carbocycles. The first-order valence-corrected chi connectivity index (χ1v) is 7.07. The summed E-state index contributed by atoms with van der Waals surface area (Å²) in [6, 6.07) is 7.73. The Morgan fingerprint density at radius 3 is 2.89 bits per heavy atom. The summed E-state index contributed by atoms with van der Waals surface area (Å²) in [7, 11) is 0. The second kappa shape index (κ2) is 7.88. The maximum absolute atomic E-state index is 11.8. The minimum atomic E-state index is -0.344. The van der Waals surface area contributed by atoms with Gasteiger partial charge in [-0.05, 0) is 37.0 Å². The summed E-state index contributed by atoms with van der Waals surface area (Å²) in [6.45, 7) is 2.12. The number of aryl methyl sites for hydroxylation is 1. The van der Waals surface area contributed by atoms with Gasteiger partial charge < -0.3 is 4.74 Å². The number of nitrogens with zero attached hydrogens (tertiary/aromatic N) is 1. The van der Waals surface area contributed by atoms with Crippen molar-refractivity contribution < 1.29 is 9.53 Å². The smallest absolute Gasteiger partial charge is 0.338 e. The molecule has 0 amide bonds. The molecule has 1 aromatic rings. The van der Waals surface area contributed by atoms with Crippen molar-refractivity contribution in [3.63, 3.8) is 0 Å². The highest BCUT2D eigenvalue weighted by atomic mass is 79.9. The molecule has 0 fully saturated rings. The Balaban J connectivity index is 2.99. The molecule has 1 rings (SSSR count). The van der Waals surface area contributed by atoms with Gasteiger partial charge in [0.1, 0.15) is 0 Å². The van der Waals surface area contributed by atoms with E-state index in [0.29, 0.717) is 12.2 Å². The van der Waals surface area contributed by atoms with Crippen molar-refractivity contribution in [3.8, 4) is 6.07 Å². The lowest BCUT2D eigenvalue weighted by Crippen LogP contribution is -2.09. The molecule has 0 aliphatic carbocycles. The van der Waals surface area contributed by atoms with Crippen LogP contribution in [-0.4, -0.2) is 17.9 Å². The highest BCUT2D eigenvalue weighted by molar-refractivity contribution is 9.09. The van der Waals surface area contributed by atoms with E-state index in [1.165, 1.54) is 0 Å². The molecule has 0 aliphatic heterocycles. The van der Waals surface area contributed by atoms with E-state index in [2.05, 4.69) is 22.0 Å². The molecule has 3 nitrogen and oxygen atoms in total. The van der Waals surface area contributed by atoms with Crippen LogP contribution in [0.5, 0.6) is 0 Å². The predicted molar refractivity (Wildman–Crippen MR) is 73.8 cm³/mol. The fourth-order valence-corrected chi connectivity index (χ4v) is 1.97. The molecule has 0 aliphatic rings. The van der Waals surface area contributed by atoms with Gasteiger partial charge in [0.25, 0.3) is 0 Å². The lowest BCUT2D eigenvalue weighted by atomic mass is 10.00. The van der Waals surface area contributed by atoms with Crippen molar-refractivity contribution in [1.82, 2.24) is 0 Å². The molecular formula is C14H16BrNO2. The van der Waals surface area contributed by atoms with Gasteiger partial charge in [0.15, 0.2) is 0 Å². The van der Waals surface area contributed by atoms with E-state index in [4.69, 9.17) is 10.00 Å². The second-order valence-electron chi connectivity index (χ2n) is 3.84. The fourth-order valence-electron chi connectivity index (χ4n) is 1.69. The Hall–Kier alpha value is -1.34. The lowest BCUT2D eigenvalue weighted by molar-refractivity contribution is 0.0525. The number of alkyl halides is 1. The number of esters is 1. The molecule has 18 heavy (non-hydrogen) atoms. The number of halogens is 1. The van der Waals surface area contributed by atoms with Gasteiger partial charge in [-0.1, -0.05) is 28.1 Å². The zero-order chi connectivity index (χ0) is 13.4. The first-order valence-electron chi connectivity index (χ1n) is 5.94. The molecule has 0 radical (unpaired) electrons. The molecular weight excluding hydrogens is 294 g/mol. The largest absolute Gasteiger partial charge is 0.462 e. The zero-order valence-electron chi connectivity index (χ0n) is 10.4. The molecule has 4 heteroatoms. The van der Waals surface area contributed by atoms with Crippen molar-refractivity contribution >= 4 is 21.9 Å². The van der Waals surface area contributed by atoms with Crippen molar-refractivity contribution in [3.05, 3.63) is 34.9 Å². The number of carbonyl (C=O) groups excluding carboxylic acids is 1. The summed E-state index contributed by atoms with van der Waals surface area (Å²) in [4.78, 5) is 11.8. The molecule has 0 spiro atoms. The third kappa shape index (κ3) is 4.15. The van der Waals surface area contributed by atoms with Gasteiger partial charge in [0, 0.05) is 5.33 Å². The van der Waals surface area contributed by atoms with Gasteiger partial charge in [0.2, 0.25) is 0 Å². The second-order valence-corrected chi connectivity index (χ2v) is 4.63. The number of rotatable bonds is 6. The Bertz CT molecular complexity index is 452. The summed E-state index contributed by atoms with van der Waals surface area (Å²) in [5, 5.41) is 9.69. The molecule has 96 valence electrons. The minimum absolute atomic E-state index is 0.229. The Morgan fingerprint density at radius 2 is 2.28 bits per heavy atom. The molecule has 0 N–H and O–H groups in total. The zero-order valence-corrected chi connectivity index (χ0v) is 12.0. The van der Waals surface area contributed by atoms with Crippen molar-refractivity contribution in [2.45, 2.75) is 26.2 Å². The van der Waals surface area contributed by atoms with Crippen molar-refractivity contribution in [1.29, 1.82) is 5.26 Å². The van der Waals surface area contributed by atoms with E-state index in [1.54, 1.807) is 6.92 Å². The number of hydrogen-bond acceptors (Lipinski definition) is 3. The maximum atomic E-state index is 11.8. The van der Waals surface area contributed by atoms with Crippen LogP contribution in [0.3, 0.4) is 0 Å². The van der Waals surface area contributed by atoms with Crippen LogP contribution in [0.1, 0.15) is 34.8 Å². The van der Waals surface area contributed by atoms with E-state index >= 15 is 0 Å². The van der Waals surface area contributed by atoms with Crippen LogP contribution in [-0.2, 0) is 17.6 Å². The van der Waals surface area contributed by atoms with Gasteiger partial charge >= 0.3 is 5.97 Å². The number of carbonyl (C=O) groups is 1. The highest BCUT2D eigenvalue weighted by Gasteiger charge is 2.13. The van der Waals surface area contributed by atoms with E-state index in [0.717, 1.165) is 29.3 Å². The standard InChI is InChI=1S/C14H16BrNO2/c1-2-18-14(17)13-10-11(4-3-8-15)5-6-12(13)7-9-16/h5-6,10H,2-4,7-8H2,1H3. The first kappa shape index (κ1) is 14.7. The summed E-state index contributed by atoms with van der Waals surface area (Å²) >= 11 is 3.38. The molecule has 0 heterocycles. The van der Waals surface area contributed by atoms with Crippen LogP contribution in [0.15, 0.2) is 18.2 Å². The summed E-state index contributed by atoms with van der Waals surface area (Å²) < 4.78 is 5.02. The molecule has 0 unspecified atom stereocenters. The van der Waals surface area contributed by atoms with E-state index in [9.17, 15) is 4.79 Å². The first-order chi connectivity index (χ1) is 8.72. The average Bonchev–Trinajstić information content (AvgIpc) is 2.38. The lowest BCUT2D eigenvalue weighted by Gasteiger charge is -2.09. The maximum Gasteiger partial charge on any atom is 0.338 e. The number of nitriles is 1. The van der Waals surface area contributed by atoms with Crippen LogP contribution in [0.2, 0.25) is 0 Å². The minimum Gasteiger partial charge on any atom is -0.462 e. The topological polar surface area (TPSA) is 50.1 Å². The van der Waals surface area contributed by atoms with Gasteiger partial charge in [-0.25, -0.2) is 4.79 Å². The van der Waals surface area contributed by atoms with Crippen molar-refractivity contribution in [2.75, 3.05) is 11.9 Å². The summed E-state index contributed by atoms with van der Waals surface area (Å²) in [5.41, 5.74) is 2.35. The van der Waals surface area contributed by atoms with Crippen LogP contribution >= 0.6 is 15.9 Å². The average molecular weight is 310 g/mol. The third-order valence-electron chi connectivity index (χ3n) is 2.54. The molecule has 0 atom stereocenters. The number of benzene rings is 1. The number of hydrogen-bond donors (Lipinski definition) is 0. The Labute approximate surface area is 116 Å². The SMILES string of the molecule is CCOC(=O)c1cc(CCCBr)ccc1CC#N. The third-order valence-corrected chi connectivity index (χ3v) is 3.10. The van der Waals surface area contributed by atoms with E-state index < -0.39 is 0 Å². The molecule has 0 saturated heterocycles. The van der Waals surface area contributed by atoms with Crippen LogP contribution < -0.4 is 0 Å². The van der Waals surface area contributed by atoms with Gasteiger partial charge in [0.05, 0.1) is 24.7 Å². The van der Waals surface area contributed by atoms with Crippen LogP contribution in [0, 0.1) is 11.3 Å². The fraction of sp³-hybridized carbons (Fsp3) is 0.429. The van der Waals surface area contributed by atoms with Crippen LogP contribution in [0.4, 0.5) is 0 Å². The Kier molecular flexibility index (Phi) is 6.45. The van der Waals surface area contributed by atoms with Gasteiger partial charge in [-0.2, -0.15) is 5.26 Å².